The van der Waals surface area contributed by atoms with E-state index in [0.29, 0.717) is 22.6 Å². The first-order valence-electron chi connectivity index (χ1n) is 7.08. The lowest BCUT2D eigenvalue weighted by molar-refractivity contribution is -0.134. The molecule has 0 radical (unpaired) electrons. The number of carbonyl (C=O) groups is 2. The average molecular weight is 332 g/mol. The number of rotatable bonds is 5. The van der Waals surface area contributed by atoms with Crippen molar-refractivity contribution < 1.29 is 29.3 Å². The highest BCUT2D eigenvalue weighted by Gasteiger charge is 2.20. The van der Waals surface area contributed by atoms with Gasteiger partial charge in [0.05, 0.1) is 14.2 Å². The smallest absolute Gasteiger partial charge is 0.300 e. The van der Waals surface area contributed by atoms with Crippen molar-refractivity contribution in [1.29, 1.82) is 0 Å². The summed E-state index contributed by atoms with van der Waals surface area (Å²) in [6.07, 6.45) is -1.25. The molecular weight excluding hydrogens is 312 g/mol. The SMILES string of the molecule is CC(=O)O.COc1cc(OC)cc(C(O)C(=O)c2ccccc2)c1. The van der Waals surface area contributed by atoms with E-state index < -0.39 is 12.1 Å². The zero-order valence-electron chi connectivity index (χ0n) is 13.7. The molecule has 0 aliphatic rings. The standard InChI is InChI=1S/C16H16O4.C2H4O2/c1-19-13-8-12(9-14(10-13)20-2)16(18)15(17)11-6-4-3-5-7-11;1-2(3)4/h3-10,16,18H,1-2H3;1H3,(H,3,4). The number of methoxy groups -OCH3 is 2. The highest BCUT2D eigenvalue weighted by atomic mass is 16.5. The van der Waals surface area contributed by atoms with Crippen molar-refractivity contribution in [2.75, 3.05) is 14.2 Å². The van der Waals surface area contributed by atoms with Crippen LogP contribution >= 0.6 is 0 Å². The number of aliphatic hydroxyl groups is 1. The van der Waals surface area contributed by atoms with Crippen LogP contribution in [0.5, 0.6) is 11.5 Å². The molecule has 128 valence electrons. The molecule has 0 bridgehead atoms. The van der Waals surface area contributed by atoms with E-state index in [4.69, 9.17) is 19.4 Å². The Morgan fingerprint density at radius 3 is 1.83 bits per heavy atom. The Morgan fingerprint density at radius 2 is 1.42 bits per heavy atom. The van der Waals surface area contributed by atoms with Crippen molar-refractivity contribution in [2.24, 2.45) is 0 Å². The van der Waals surface area contributed by atoms with Crippen LogP contribution in [0, 0.1) is 0 Å². The second-order valence-electron chi connectivity index (χ2n) is 4.80. The third kappa shape index (κ3) is 5.73. The third-order valence-corrected chi connectivity index (χ3v) is 3.00. The molecule has 2 N–H and O–H groups in total. The van der Waals surface area contributed by atoms with Gasteiger partial charge in [0, 0.05) is 18.6 Å². The fourth-order valence-corrected chi connectivity index (χ4v) is 1.90. The Bertz CT molecular complexity index is 655. The van der Waals surface area contributed by atoms with Crippen LogP contribution in [-0.4, -0.2) is 36.2 Å². The number of hydrogen-bond acceptors (Lipinski definition) is 5. The molecule has 2 aromatic rings. The fourth-order valence-electron chi connectivity index (χ4n) is 1.90. The van der Waals surface area contributed by atoms with Crippen LogP contribution in [-0.2, 0) is 4.79 Å². The van der Waals surface area contributed by atoms with E-state index in [1.54, 1.807) is 42.5 Å². The van der Waals surface area contributed by atoms with Gasteiger partial charge in [0.25, 0.3) is 5.97 Å². The zero-order chi connectivity index (χ0) is 18.1. The van der Waals surface area contributed by atoms with Crippen LogP contribution in [0.15, 0.2) is 48.5 Å². The molecular formula is C18H20O6. The second-order valence-corrected chi connectivity index (χ2v) is 4.80. The third-order valence-electron chi connectivity index (χ3n) is 3.00. The first-order chi connectivity index (χ1) is 11.4. The lowest BCUT2D eigenvalue weighted by Crippen LogP contribution is -2.12. The molecule has 0 amide bonds. The largest absolute Gasteiger partial charge is 0.497 e. The summed E-state index contributed by atoms with van der Waals surface area (Å²) in [6.45, 7) is 1.08. The number of carboxylic acids is 1. The quantitative estimate of drug-likeness (QED) is 0.818. The number of ketones is 1. The lowest BCUT2D eigenvalue weighted by Gasteiger charge is -2.13. The van der Waals surface area contributed by atoms with E-state index in [1.807, 2.05) is 6.07 Å². The average Bonchev–Trinajstić information content (AvgIpc) is 2.60. The van der Waals surface area contributed by atoms with Gasteiger partial charge in [-0.15, -0.1) is 0 Å². The molecule has 0 heterocycles. The Hall–Kier alpha value is -2.86. The first kappa shape index (κ1) is 19.2. The summed E-state index contributed by atoms with van der Waals surface area (Å²) in [7, 11) is 3.04. The van der Waals surface area contributed by atoms with Crippen molar-refractivity contribution in [3.8, 4) is 11.5 Å². The Labute approximate surface area is 140 Å². The van der Waals surface area contributed by atoms with Crippen LogP contribution < -0.4 is 9.47 Å². The van der Waals surface area contributed by atoms with E-state index in [-0.39, 0.29) is 5.78 Å². The van der Waals surface area contributed by atoms with Crippen molar-refractivity contribution >= 4 is 11.8 Å². The maximum Gasteiger partial charge on any atom is 0.300 e. The second kappa shape index (κ2) is 9.32. The van der Waals surface area contributed by atoms with Crippen LogP contribution in [0.25, 0.3) is 0 Å². The van der Waals surface area contributed by atoms with Gasteiger partial charge in [-0.05, 0) is 17.7 Å². The minimum Gasteiger partial charge on any atom is -0.497 e. The highest BCUT2D eigenvalue weighted by Crippen LogP contribution is 2.28. The van der Waals surface area contributed by atoms with Gasteiger partial charge >= 0.3 is 0 Å². The lowest BCUT2D eigenvalue weighted by atomic mass is 9.99. The maximum absolute atomic E-state index is 12.2. The van der Waals surface area contributed by atoms with Gasteiger partial charge in [-0.2, -0.15) is 0 Å². The van der Waals surface area contributed by atoms with Crippen molar-refractivity contribution in [3.05, 3.63) is 59.7 Å². The number of Topliss-reactive ketones (excluding diaryl/α,β-unsaturated/α-hetero) is 1. The number of carboxylic acid groups (broad SMARTS) is 1. The van der Waals surface area contributed by atoms with Crippen molar-refractivity contribution in [2.45, 2.75) is 13.0 Å². The number of benzene rings is 2. The molecule has 0 fully saturated rings. The maximum atomic E-state index is 12.2. The van der Waals surface area contributed by atoms with Gasteiger partial charge in [-0.1, -0.05) is 30.3 Å². The summed E-state index contributed by atoms with van der Waals surface area (Å²) in [4.78, 5) is 21.2. The molecule has 24 heavy (non-hydrogen) atoms. The molecule has 0 spiro atoms. The Morgan fingerprint density at radius 1 is 0.958 bits per heavy atom. The molecule has 6 nitrogen and oxygen atoms in total. The number of aliphatic hydroxyl groups excluding tert-OH is 1. The van der Waals surface area contributed by atoms with Crippen LogP contribution in [0.1, 0.15) is 28.9 Å². The molecule has 0 aromatic heterocycles. The summed E-state index contributed by atoms with van der Waals surface area (Å²) in [6, 6.07) is 13.6. The van der Waals surface area contributed by atoms with Gasteiger partial charge in [-0.3, -0.25) is 9.59 Å². The summed E-state index contributed by atoms with van der Waals surface area (Å²) in [5, 5.41) is 17.6. The van der Waals surface area contributed by atoms with E-state index >= 15 is 0 Å². The highest BCUT2D eigenvalue weighted by molar-refractivity contribution is 5.99. The zero-order valence-corrected chi connectivity index (χ0v) is 13.7. The van der Waals surface area contributed by atoms with E-state index in [1.165, 1.54) is 14.2 Å². The Balaban J connectivity index is 0.000000648. The molecule has 6 heteroatoms. The van der Waals surface area contributed by atoms with E-state index in [9.17, 15) is 9.90 Å². The van der Waals surface area contributed by atoms with Crippen LogP contribution in [0.3, 0.4) is 0 Å². The van der Waals surface area contributed by atoms with Gasteiger partial charge in [0.2, 0.25) is 0 Å². The number of ether oxygens (including phenoxy) is 2. The molecule has 0 aliphatic heterocycles. The molecule has 2 aromatic carbocycles. The van der Waals surface area contributed by atoms with Crippen LogP contribution in [0.4, 0.5) is 0 Å². The number of hydrogen-bond donors (Lipinski definition) is 2. The van der Waals surface area contributed by atoms with E-state index in [0.717, 1.165) is 6.92 Å². The van der Waals surface area contributed by atoms with E-state index in [2.05, 4.69) is 0 Å². The van der Waals surface area contributed by atoms with Crippen molar-refractivity contribution in [3.63, 3.8) is 0 Å². The predicted octanol–water partition coefficient (Wildman–Crippen LogP) is 2.71. The predicted molar refractivity (Wildman–Crippen MR) is 88.6 cm³/mol. The number of aliphatic carboxylic acids is 1. The normalized spacial score (nSPS) is 10.8. The Kier molecular flexibility index (Phi) is 7.45. The summed E-state index contributed by atoms with van der Waals surface area (Å²) < 4.78 is 10.3. The molecule has 2 rings (SSSR count). The summed E-state index contributed by atoms with van der Waals surface area (Å²) >= 11 is 0. The van der Waals surface area contributed by atoms with Crippen LogP contribution in [0.2, 0.25) is 0 Å². The summed E-state index contributed by atoms with van der Waals surface area (Å²) in [5.41, 5.74) is 0.900. The molecule has 0 saturated heterocycles. The minimum absolute atomic E-state index is 0.360. The van der Waals surface area contributed by atoms with Crippen molar-refractivity contribution in [1.82, 2.24) is 0 Å². The molecule has 1 unspecified atom stereocenters. The molecule has 1 atom stereocenters. The van der Waals surface area contributed by atoms with Gasteiger partial charge < -0.3 is 19.7 Å². The minimum atomic E-state index is -1.25. The monoisotopic (exact) mass is 332 g/mol. The summed E-state index contributed by atoms with van der Waals surface area (Å²) in [5.74, 6) is -0.139. The topological polar surface area (TPSA) is 93.1 Å². The van der Waals surface area contributed by atoms with Gasteiger partial charge in [0.1, 0.15) is 17.6 Å². The van der Waals surface area contributed by atoms with Gasteiger partial charge in [-0.25, -0.2) is 0 Å². The number of carbonyl (C=O) groups excluding carboxylic acids is 1. The molecule has 0 aliphatic carbocycles. The first-order valence-corrected chi connectivity index (χ1v) is 7.08. The fraction of sp³-hybridized carbons (Fsp3) is 0.222. The molecule has 0 saturated carbocycles. The van der Waals surface area contributed by atoms with Gasteiger partial charge in [0.15, 0.2) is 5.78 Å².